The van der Waals surface area contributed by atoms with Gasteiger partial charge in [0.05, 0.1) is 0 Å². The van der Waals surface area contributed by atoms with Crippen molar-refractivity contribution in [3.05, 3.63) is 206 Å². The second-order valence-electron chi connectivity index (χ2n) is 14.0. The molecule has 0 aliphatic rings. The molecule has 0 aliphatic carbocycles. The predicted molar refractivity (Wildman–Crippen MR) is 234 cm³/mol. The molecule has 0 spiro atoms. The second-order valence-corrected chi connectivity index (χ2v) is 14.0. The van der Waals surface area contributed by atoms with Crippen LogP contribution in [-0.2, 0) is 0 Å². The maximum atomic E-state index is 4.99. The largest absolute Gasteiger partial charge is 0.208 e. The van der Waals surface area contributed by atoms with E-state index in [0.29, 0.717) is 34.9 Å². The highest BCUT2D eigenvalue weighted by molar-refractivity contribution is 5.99. The molecule has 0 unspecified atom stereocenters. The Morgan fingerprint density at radius 2 is 0.534 bits per heavy atom. The van der Waals surface area contributed by atoms with E-state index in [0.717, 1.165) is 66.4 Å². The van der Waals surface area contributed by atoms with Crippen molar-refractivity contribution in [3.8, 4) is 90.6 Å². The van der Waals surface area contributed by atoms with Crippen molar-refractivity contribution in [1.29, 1.82) is 0 Å². The Balaban J connectivity index is 1.04. The predicted octanol–water partition coefficient (Wildman–Crippen LogP) is 12.5. The summed E-state index contributed by atoms with van der Waals surface area (Å²) in [5, 5.41) is 2.30. The van der Waals surface area contributed by atoms with Gasteiger partial charge in [0.15, 0.2) is 34.9 Å². The van der Waals surface area contributed by atoms with Gasteiger partial charge in [0.1, 0.15) is 0 Å². The van der Waals surface area contributed by atoms with Crippen molar-refractivity contribution < 1.29 is 0 Å². The molecule has 2 aromatic heterocycles. The topological polar surface area (TPSA) is 77.3 Å². The number of aromatic nitrogens is 6. The van der Waals surface area contributed by atoms with E-state index >= 15 is 0 Å². The lowest BCUT2D eigenvalue weighted by Gasteiger charge is -2.12. The monoisotopic (exact) mass is 742 g/mol. The summed E-state index contributed by atoms with van der Waals surface area (Å²) in [4.78, 5) is 29.7. The lowest BCUT2D eigenvalue weighted by molar-refractivity contribution is 1.07. The SMILES string of the molecule is c1ccc(-c2nc(-c3ccccc3)nc(-c3cccc(-c4ccc5cccc(-c6cccc(-c7nc(-c8ccccc8)nc(-c8ccccc8)n7)c6)c5c4)c3)n2)cc1. The molecular weight excluding hydrogens is 709 g/mol. The molecule has 272 valence electrons. The van der Waals surface area contributed by atoms with Gasteiger partial charge in [-0.3, -0.25) is 0 Å². The lowest BCUT2D eigenvalue weighted by atomic mass is 9.93. The van der Waals surface area contributed by atoms with E-state index in [4.69, 9.17) is 29.9 Å². The number of fused-ring (bicyclic) bond motifs is 1. The summed E-state index contributed by atoms with van der Waals surface area (Å²) in [6.07, 6.45) is 0. The summed E-state index contributed by atoms with van der Waals surface area (Å²) in [6.45, 7) is 0. The third-order valence-electron chi connectivity index (χ3n) is 10.2. The van der Waals surface area contributed by atoms with Crippen LogP contribution in [0.15, 0.2) is 206 Å². The first-order chi connectivity index (χ1) is 28.7. The zero-order valence-electron chi connectivity index (χ0n) is 31.3. The van der Waals surface area contributed by atoms with Gasteiger partial charge in [-0.15, -0.1) is 0 Å². The van der Waals surface area contributed by atoms with Gasteiger partial charge in [0.25, 0.3) is 0 Å². The Morgan fingerprint density at radius 1 is 0.207 bits per heavy atom. The van der Waals surface area contributed by atoms with Crippen LogP contribution in [0.2, 0.25) is 0 Å². The first-order valence-corrected chi connectivity index (χ1v) is 19.2. The molecule has 6 nitrogen and oxygen atoms in total. The molecule has 8 aromatic carbocycles. The van der Waals surface area contributed by atoms with Crippen molar-refractivity contribution in [2.24, 2.45) is 0 Å². The van der Waals surface area contributed by atoms with Crippen molar-refractivity contribution in [1.82, 2.24) is 29.9 Å². The van der Waals surface area contributed by atoms with Gasteiger partial charge < -0.3 is 0 Å². The molecule has 0 N–H and O–H groups in total. The fourth-order valence-electron chi connectivity index (χ4n) is 7.24. The zero-order valence-corrected chi connectivity index (χ0v) is 31.3. The van der Waals surface area contributed by atoms with E-state index in [-0.39, 0.29) is 0 Å². The quantitative estimate of drug-likeness (QED) is 0.154. The van der Waals surface area contributed by atoms with E-state index in [2.05, 4.69) is 84.9 Å². The van der Waals surface area contributed by atoms with Gasteiger partial charge in [-0.25, -0.2) is 29.9 Å². The van der Waals surface area contributed by atoms with Crippen LogP contribution in [0.1, 0.15) is 0 Å². The van der Waals surface area contributed by atoms with Crippen LogP contribution in [0, 0.1) is 0 Å². The van der Waals surface area contributed by atoms with Crippen LogP contribution < -0.4 is 0 Å². The fraction of sp³-hybridized carbons (Fsp3) is 0. The molecule has 0 fully saturated rings. The first kappa shape index (κ1) is 34.5. The van der Waals surface area contributed by atoms with E-state index in [1.54, 1.807) is 0 Å². The lowest BCUT2D eigenvalue weighted by Crippen LogP contribution is -2.00. The average molecular weight is 743 g/mol. The van der Waals surface area contributed by atoms with Crippen molar-refractivity contribution in [3.63, 3.8) is 0 Å². The van der Waals surface area contributed by atoms with Crippen molar-refractivity contribution >= 4 is 10.8 Å². The molecule has 0 saturated carbocycles. The van der Waals surface area contributed by atoms with Gasteiger partial charge in [-0.05, 0) is 51.2 Å². The van der Waals surface area contributed by atoms with Gasteiger partial charge in [0.2, 0.25) is 0 Å². The molecule has 58 heavy (non-hydrogen) atoms. The van der Waals surface area contributed by atoms with Gasteiger partial charge in [0, 0.05) is 33.4 Å². The summed E-state index contributed by atoms with van der Waals surface area (Å²) >= 11 is 0. The Hall–Kier alpha value is -7.96. The Bertz CT molecular complexity index is 2930. The third-order valence-corrected chi connectivity index (χ3v) is 10.2. The molecular formula is C52H34N6. The Kier molecular flexibility index (Phi) is 9.10. The minimum Gasteiger partial charge on any atom is -0.208 e. The highest BCUT2D eigenvalue weighted by Gasteiger charge is 2.16. The summed E-state index contributed by atoms with van der Waals surface area (Å²) in [6, 6.07) is 70.3. The summed E-state index contributed by atoms with van der Waals surface area (Å²) in [5.74, 6) is 3.79. The maximum absolute atomic E-state index is 4.99. The highest BCUT2D eigenvalue weighted by Crippen LogP contribution is 2.36. The van der Waals surface area contributed by atoms with Crippen LogP contribution in [0.5, 0.6) is 0 Å². The highest BCUT2D eigenvalue weighted by atomic mass is 15.0. The third kappa shape index (κ3) is 7.02. The molecule has 0 bridgehead atoms. The van der Waals surface area contributed by atoms with Crippen molar-refractivity contribution in [2.45, 2.75) is 0 Å². The Labute approximate surface area is 336 Å². The fourth-order valence-corrected chi connectivity index (χ4v) is 7.24. The zero-order chi connectivity index (χ0) is 38.7. The molecule has 6 heteroatoms. The minimum absolute atomic E-state index is 0.622. The van der Waals surface area contributed by atoms with Crippen LogP contribution in [-0.4, -0.2) is 29.9 Å². The summed E-state index contributed by atoms with van der Waals surface area (Å²) in [7, 11) is 0. The molecule has 10 aromatic rings. The van der Waals surface area contributed by atoms with Crippen LogP contribution in [0.25, 0.3) is 101 Å². The number of hydrogen-bond donors (Lipinski definition) is 0. The smallest absolute Gasteiger partial charge is 0.164 e. The Morgan fingerprint density at radius 3 is 0.983 bits per heavy atom. The molecule has 10 rings (SSSR count). The van der Waals surface area contributed by atoms with E-state index in [1.165, 1.54) is 0 Å². The van der Waals surface area contributed by atoms with Crippen LogP contribution >= 0.6 is 0 Å². The number of benzene rings is 8. The minimum atomic E-state index is 0.622. The summed E-state index contributed by atoms with van der Waals surface area (Å²) < 4.78 is 0. The normalized spacial score (nSPS) is 11.1. The molecule has 2 heterocycles. The van der Waals surface area contributed by atoms with E-state index < -0.39 is 0 Å². The molecule has 0 saturated heterocycles. The number of hydrogen-bond acceptors (Lipinski definition) is 6. The standard InChI is InChI=1S/C52H34N6/c1-5-16-36(17-6-1)47-53-48(37-18-7-2-8-19-37)56-51(55-47)43-27-13-25-40(32-43)41-31-30-35-24-15-29-45(46(35)34-41)42-26-14-28-44(33-42)52-57-49(38-20-9-3-10-21-38)54-50(58-52)39-22-11-4-12-23-39/h1-34H. The van der Waals surface area contributed by atoms with Gasteiger partial charge in [-0.2, -0.15) is 0 Å². The maximum Gasteiger partial charge on any atom is 0.164 e. The van der Waals surface area contributed by atoms with Gasteiger partial charge in [-0.1, -0.05) is 188 Å². The first-order valence-electron chi connectivity index (χ1n) is 19.2. The number of nitrogens with zero attached hydrogens (tertiary/aromatic N) is 6. The molecule has 0 radical (unpaired) electrons. The molecule has 0 atom stereocenters. The molecule has 0 amide bonds. The number of rotatable bonds is 8. The van der Waals surface area contributed by atoms with Crippen LogP contribution in [0.4, 0.5) is 0 Å². The van der Waals surface area contributed by atoms with E-state index in [9.17, 15) is 0 Å². The average Bonchev–Trinajstić information content (AvgIpc) is 3.32. The van der Waals surface area contributed by atoms with Gasteiger partial charge >= 0.3 is 0 Å². The van der Waals surface area contributed by atoms with E-state index in [1.807, 2.05) is 121 Å². The van der Waals surface area contributed by atoms with Crippen LogP contribution in [0.3, 0.4) is 0 Å². The van der Waals surface area contributed by atoms with Crippen molar-refractivity contribution in [2.75, 3.05) is 0 Å². The second kappa shape index (κ2) is 15.3. The summed E-state index contributed by atoms with van der Waals surface area (Å²) in [5.41, 5.74) is 9.94. The molecule has 0 aliphatic heterocycles.